The maximum atomic E-state index is 12.3. The van der Waals surface area contributed by atoms with Crippen LogP contribution in [0.3, 0.4) is 0 Å². The fourth-order valence-corrected chi connectivity index (χ4v) is 9.48. The van der Waals surface area contributed by atoms with Gasteiger partial charge in [0.25, 0.3) is 16.6 Å². The van der Waals surface area contributed by atoms with Crippen molar-refractivity contribution in [2.24, 2.45) is 0 Å². The molecule has 0 aromatic heterocycles. The first-order chi connectivity index (χ1) is 14.3. The van der Waals surface area contributed by atoms with Crippen molar-refractivity contribution >= 4 is 33.4 Å². The first kappa shape index (κ1) is 24.5. The van der Waals surface area contributed by atoms with Crippen LogP contribution in [0.4, 0.5) is 0 Å². The number of aryl methyl sites for hydroxylation is 1. The molecule has 0 amide bonds. The average Bonchev–Trinajstić information content (AvgIpc) is 2.76. The molecule has 0 saturated heterocycles. The average molecular weight is 447 g/mol. The van der Waals surface area contributed by atoms with E-state index in [9.17, 15) is 9.90 Å². The van der Waals surface area contributed by atoms with Gasteiger partial charge < -0.3 is 14.0 Å². The molecule has 0 aliphatic heterocycles. The van der Waals surface area contributed by atoms with Gasteiger partial charge in [-0.05, 0) is 54.8 Å². The van der Waals surface area contributed by atoms with Crippen molar-refractivity contribution in [2.75, 3.05) is 0 Å². The van der Waals surface area contributed by atoms with Gasteiger partial charge in [-0.1, -0.05) is 59.7 Å². The fraction of sp³-hybridized carbons (Fsp3) is 0.542. The minimum Gasteiger partial charge on any atom is -0.543 e. The standard InChI is InChI=1S/C24H38O4Si2/c1-8-29(9-2,10-3)27-21-17-20(24(25)26)23(28-30(11-4,12-5)13-6)19-16-14-15-18(7)22(19)21/h14-17H,8-13H2,1-7H3,(H,25,26). The highest BCUT2D eigenvalue weighted by Crippen LogP contribution is 2.42. The summed E-state index contributed by atoms with van der Waals surface area (Å²) >= 11 is 0. The molecule has 4 nitrogen and oxygen atoms in total. The van der Waals surface area contributed by atoms with Crippen LogP contribution >= 0.6 is 0 Å². The SMILES string of the molecule is CC[Si](CC)(CC)Oc1c(C(=O)O)cc(O[Si](CC)(CC)CC)c2c(C)cccc12. The lowest BCUT2D eigenvalue weighted by molar-refractivity contribution is 0.0694. The Balaban J connectivity index is 2.83. The van der Waals surface area contributed by atoms with Crippen molar-refractivity contribution in [3.8, 4) is 11.5 Å². The fourth-order valence-electron chi connectivity index (χ4n) is 4.33. The Morgan fingerprint density at radius 3 is 1.83 bits per heavy atom. The van der Waals surface area contributed by atoms with Gasteiger partial charge in [-0.3, -0.25) is 0 Å². The van der Waals surface area contributed by atoms with Crippen molar-refractivity contribution in [1.82, 2.24) is 0 Å². The third kappa shape index (κ3) is 4.59. The van der Waals surface area contributed by atoms with E-state index in [1.54, 1.807) is 6.07 Å². The molecule has 6 heteroatoms. The molecule has 0 heterocycles. The predicted molar refractivity (Wildman–Crippen MR) is 131 cm³/mol. The topological polar surface area (TPSA) is 55.8 Å². The Labute approximate surface area is 183 Å². The van der Waals surface area contributed by atoms with Gasteiger partial charge in [0.2, 0.25) is 0 Å². The lowest BCUT2D eigenvalue weighted by Gasteiger charge is -2.33. The van der Waals surface area contributed by atoms with Crippen LogP contribution in [0.5, 0.6) is 11.5 Å². The first-order valence-electron chi connectivity index (χ1n) is 11.4. The molecular formula is C24H38O4Si2. The van der Waals surface area contributed by atoms with E-state index in [1.165, 1.54) is 0 Å². The summed E-state index contributed by atoms with van der Waals surface area (Å²) in [7, 11) is -4.02. The summed E-state index contributed by atoms with van der Waals surface area (Å²) in [6, 6.07) is 13.7. The monoisotopic (exact) mass is 446 g/mol. The van der Waals surface area contributed by atoms with Gasteiger partial charge >= 0.3 is 5.97 Å². The number of aromatic carboxylic acids is 1. The quantitative estimate of drug-likeness (QED) is 0.361. The molecule has 0 spiro atoms. The Kier molecular flexibility index (Phi) is 8.16. The van der Waals surface area contributed by atoms with E-state index in [1.807, 2.05) is 12.1 Å². The summed E-state index contributed by atoms with van der Waals surface area (Å²) in [5, 5.41) is 12.0. The largest absolute Gasteiger partial charge is 0.543 e. The normalized spacial score (nSPS) is 12.2. The molecule has 0 radical (unpaired) electrons. The van der Waals surface area contributed by atoms with E-state index in [0.717, 1.165) is 52.6 Å². The van der Waals surface area contributed by atoms with Gasteiger partial charge in [0.1, 0.15) is 17.1 Å². The van der Waals surface area contributed by atoms with Crippen molar-refractivity contribution < 1.29 is 18.8 Å². The van der Waals surface area contributed by atoms with E-state index in [0.29, 0.717) is 11.5 Å². The highest BCUT2D eigenvalue weighted by atomic mass is 28.4. The van der Waals surface area contributed by atoms with Crippen molar-refractivity contribution in [3.63, 3.8) is 0 Å². The number of carboxylic acid groups (broad SMARTS) is 1. The molecule has 30 heavy (non-hydrogen) atoms. The van der Waals surface area contributed by atoms with Crippen LogP contribution in [0, 0.1) is 6.92 Å². The summed E-state index contributed by atoms with van der Waals surface area (Å²) in [4.78, 5) is 12.3. The molecule has 0 aliphatic rings. The Hall–Kier alpha value is -1.80. The molecule has 2 aromatic carbocycles. The number of rotatable bonds is 11. The number of hydrogen-bond acceptors (Lipinski definition) is 3. The predicted octanol–water partition coefficient (Wildman–Crippen LogP) is 7.61. The van der Waals surface area contributed by atoms with Gasteiger partial charge in [0.05, 0.1) is 0 Å². The zero-order chi connectivity index (χ0) is 22.5. The Morgan fingerprint density at radius 1 is 0.867 bits per heavy atom. The van der Waals surface area contributed by atoms with Crippen LogP contribution in [0.15, 0.2) is 24.3 Å². The second kappa shape index (κ2) is 10.0. The van der Waals surface area contributed by atoms with Crippen LogP contribution in [0.2, 0.25) is 36.3 Å². The van der Waals surface area contributed by atoms with Gasteiger partial charge in [-0.15, -0.1) is 0 Å². The number of fused-ring (bicyclic) bond motifs is 1. The second-order valence-electron chi connectivity index (χ2n) is 8.25. The number of hydrogen-bond donors (Lipinski definition) is 1. The van der Waals surface area contributed by atoms with Crippen molar-refractivity contribution in [1.29, 1.82) is 0 Å². The lowest BCUT2D eigenvalue weighted by Crippen LogP contribution is -2.40. The maximum Gasteiger partial charge on any atom is 0.339 e. The third-order valence-corrected chi connectivity index (χ3v) is 16.0. The molecule has 2 rings (SSSR count). The molecule has 166 valence electrons. The molecule has 0 unspecified atom stereocenters. The Morgan fingerprint density at radius 2 is 1.37 bits per heavy atom. The van der Waals surface area contributed by atoms with Crippen molar-refractivity contribution in [3.05, 3.63) is 35.4 Å². The van der Waals surface area contributed by atoms with E-state index >= 15 is 0 Å². The highest BCUT2D eigenvalue weighted by Gasteiger charge is 2.35. The van der Waals surface area contributed by atoms with Crippen LogP contribution < -0.4 is 8.85 Å². The summed E-state index contributed by atoms with van der Waals surface area (Å²) in [6.45, 7) is 15.1. The summed E-state index contributed by atoms with van der Waals surface area (Å²) < 4.78 is 13.4. The number of benzene rings is 2. The van der Waals surface area contributed by atoms with E-state index in [4.69, 9.17) is 8.85 Å². The van der Waals surface area contributed by atoms with Crippen LogP contribution in [0.25, 0.3) is 10.8 Å². The molecule has 2 aromatic rings. The summed E-state index contributed by atoms with van der Waals surface area (Å²) in [5.74, 6) is 0.283. The lowest BCUT2D eigenvalue weighted by atomic mass is 10.0. The van der Waals surface area contributed by atoms with Crippen LogP contribution in [-0.2, 0) is 0 Å². The number of carboxylic acids is 1. The minimum absolute atomic E-state index is 0.224. The molecule has 0 bridgehead atoms. The van der Waals surface area contributed by atoms with Crippen molar-refractivity contribution in [2.45, 2.75) is 84.7 Å². The molecular weight excluding hydrogens is 408 g/mol. The molecule has 0 saturated carbocycles. The minimum atomic E-state index is -2.05. The van der Waals surface area contributed by atoms with E-state index in [2.05, 4.69) is 54.5 Å². The van der Waals surface area contributed by atoms with Crippen LogP contribution in [-0.4, -0.2) is 27.7 Å². The van der Waals surface area contributed by atoms with Gasteiger partial charge in [-0.2, -0.15) is 0 Å². The molecule has 1 N–H and O–H groups in total. The van der Waals surface area contributed by atoms with Gasteiger partial charge in [0.15, 0.2) is 0 Å². The van der Waals surface area contributed by atoms with E-state index < -0.39 is 22.6 Å². The first-order valence-corrected chi connectivity index (χ1v) is 16.5. The highest BCUT2D eigenvalue weighted by molar-refractivity contribution is 6.75. The van der Waals surface area contributed by atoms with Gasteiger partial charge in [0, 0.05) is 10.8 Å². The zero-order valence-electron chi connectivity index (χ0n) is 19.7. The Bertz CT molecular complexity index is 870. The smallest absolute Gasteiger partial charge is 0.339 e. The zero-order valence-corrected chi connectivity index (χ0v) is 21.7. The molecule has 0 fully saturated rings. The van der Waals surface area contributed by atoms with E-state index in [-0.39, 0.29) is 5.56 Å². The van der Waals surface area contributed by atoms with Crippen LogP contribution in [0.1, 0.15) is 57.5 Å². The summed E-state index contributed by atoms with van der Waals surface area (Å²) in [6.07, 6.45) is 0. The summed E-state index contributed by atoms with van der Waals surface area (Å²) in [5.41, 5.74) is 1.31. The maximum absolute atomic E-state index is 12.3. The number of carbonyl (C=O) groups is 1. The third-order valence-electron chi connectivity index (χ3n) is 7.03. The molecule has 0 aliphatic carbocycles. The second-order valence-corrected chi connectivity index (χ2v) is 17.6. The van der Waals surface area contributed by atoms with Gasteiger partial charge in [-0.25, -0.2) is 4.79 Å². The molecule has 0 atom stereocenters.